The topological polar surface area (TPSA) is 74.2 Å². The molecule has 0 saturated heterocycles. The van der Waals surface area contributed by atoms with Gasteiger partial charge < -0.3 is 15.0 Å². The monoisotopic (exact) mass is 339 g/mol. The number of ether oxygens (including phenoxy) is 1. The minimum absolute atomic E-state index is 0.360. The number of hydrogen-bond acceptors (Lipinski definition) is 5. The van der Waals surface area contributed by atoms with Crippen molar-refractivity contribution >= 4 is 15.9 Å². The highest BCUT2D eigenvalue weighted by molar-refractivity contribution is 9.10. The highest BCUT2D eigenvalue weighted by atomic mass is 79.9. The molecule has 20 heavy (non-hydrogen) atoms. The predicted molar refractivity (Wildman–Crippen MR) is 79.3 cm³/mol. The number of benzene rings is 1. The van der Waals surface area contributed by atoms with Gasteiger partial charge in [0.25, 0.3) is 0 Å². The first-order valence-corrected chi connectivity index (χ1v) is 7.24. The van der Waals surface area contributed by atoms with E-state index in [0.29, 0.717) is 31.3 Å². The molecule has 2 aromatic rings. The standard InChI is InChI=1S/C14H18BrN3O2/c1-3-19-9-14(2,16)13-17-12(20-18-13)8-10-5-4-6-11(15)7-10/h4-7H,3,8-9,16H2,1-2H3. The molecular formula is C14H18BrN3O2. The van der Waals surface area contributed by atoms with Crippen LogP contribution in [0.3, 0.4) is 0 Å². The summed E-state index contributed by atoms with van der Waals surface area (Å²) in [6, 6.07) is 7.97. The molecule has 0 amide bonds. The van der Waals surface area contributed by atoms with E-state index in [1.807, 2.05) is 38.1 Å². The molecule has 5 nitrogen and oxygen atoms in total. The Hall–Kier alpha value is -1.24. The second-order valence-corrected chi connectivity index (χ2v) is 5.79. The number of aromatic nitrogens is 2. The highest BCUT2D eigenvalue weighted by Gasteiger charge is 2.27. The first-order chi connectivity index (χ1) is 9.51. The summed E-state index contributed by atoms with van der Waals surface area (Å²) in [5.41, 5.74) is 6.49. The van der Waals surface area contributed by atoms with Crippen molar-refractivity contribution in [2.45, 2.75) is 25.8 Å². The van der Waals surface area contributed by atoms with Crippen LogP contribution in [0.1, 0.15) is 31.1 Å². The molecule has 0 aliphatic carbocycles. The van der Waals surface area contributed by atoms with Gasteiger partial charge in [-0.15, -0.1) is 0 Å². The summed E-state index contributed by atoms with van der Waals surface area (Å²) < 4.78 is 11.6. The van der Waals surface area contributed by atoms with Gasteiger partial charge in [0, 0.05) is 11.1 Å². The van der Waals surface area contributed by atoms with Gasteiger partial charge in [-0.1, -0.05) is 33.2 Å². The van der Waals surface area contributed by atoms with E-state index in [9.17, 15) is 0 Å². The largest absolute Gasteiger partial charge is 0.379 e. The van der Waals surface area contributed by atoms with Crippen molar-refractivity contribution in [2.75, 3.05) is 13.2 Å². The van der Waals surface area contributed by atoms with Crippen molar-refractivity contribution in [1.82, 2.24) is 10.1 Å². The maximum Gasteiger partial charge on any atom is 0.231 e. The Labute approximate surface area is 126 Å². The first kappa shape index (κ1) is 15.2. The fraction of sp³-hybridized carbons (Fsp3) is 0.429. The van der Waals surface area contributed by atoms with Gasteiger partial charge in [0.15, 0.2) is 5.82 Å². The number of hydrogen-bond donors (Lipinski definition) is 1. The zero-order valence-electron chi connectivity index (χ0n) is 11.6. The second kappa shape index (κ2) is 6.47. The molecule has 0 aliphatic rings. The molecule has 1 unspecified atom stereocenters. The van der Waals surface area contributed by atoms with Gasteiger partial charge in [0.1, 0.15) is 5.54 Å². The van der Waals surface area contributed by atoms with E-state index in [0.717, 1.165) is 10.0 Å². The molecule has 108 valence electrons. The lowest BCUT2D eigenvalue weighted by molar-refractivity contribution is 0.0962. The van der Waals surface area contributed by atoms with Gasteiger partial charge in [0.05, 0.1) is 13.0 Å². The Balaban J connectivity index is 2.09. The van der Waals surface area contributed by atoms with Crippen molar-refractivity contribution in [3.05, 3.63) is 46.0 Å². The van der Waals surface area contributed by atoms with Crippen molar-refractivity contribution in [3.8, 4) is 0 Å². The maximum absolute atomic E-state index is 6.14. The Morgan fingerprint density at radius 1 is 1.45 bits per heavy atom. The van der Waals surface area contributed by atoms with Crippen LogP contribution in [0.5, 0.6) is 0 Å². The Kier molecular flexibility index (Phi) is 4.91. The molecule has 0 radical (unpaired) electrons. The molecule has 0 saturated carbocycles. The van der Waals surface area contributed by atoms with E-state index >= 15 is 0 Å². The lowest BCUT2D eigenvalue weighted by Crippen LogP contribution is -2.39. The number of nitrogens with two attached hydrogens (primary N) is 1. The Bertz CT molecular complexity index is 569. The van der Waals surface area contributed by atoms with Crippen molar-refractivity contribution in [1.29, 1.82) is 0 Å². The molecule has 1 aromatic heterocycles. The average molecular weight is 340 g/mol. The molecule has 2 N–H and O–H groups in total. The molecular weight excluding hydrogens is 322 g/mol. The summed E-state index contributed by atoms with van der Waals surface area (Å²) in [6.07, 6.45) is 0.581. The third-order valence-corrected chi connectivity index (χ3v) is 3.32. The van der Waals surface area contributed by atoms with Crippen molar-refractivity contribution in [2.24, 2.45) is 5.73 Å². The van der Waals surface area contributed by atoms with E-state index < -0.39 is 5.54 Å². The second-order valence-electron chi connectivity index (χ2n) is 4.87. The quantitative estimate of drug-likeness (QED) is 0.875. The third kappa shape index (κ3) is 3.88. The molecule has 0 bridgehead atoms. The molecule has 0 spiro atoms. The number of rotatable bonds is 6. The molecule has 2 rings (SSSR count). The normalized spacial score (nSPS) is 14.2. The van der Waals surface area contributed by atoms with E-state index in [2.05, 4.69) is 26.1 Å². The van der Waals surface area contributed by atoms with Crippen LogP contribution in [0.25, 0.3) is 0 Å². The van der Waals surface area contributed by atoms with Crippen LogP contribution in [0, 0.1) is 0 Å². The van der Waals surface area contributed by atoms with Gasteiger partial charge in [-0.25, -0.2) is 0 Å². The van der Waals surface area contributed by atoms with Crippen LogP contribution >= 0.6 is 15.9 Å². The lowest BCUT2D eigenvalue weighted by Gasteiger charge is -2.19. The Morgan fingerprint density at radius 2 is 2.25 bits per heavy atom. The summed E-state index contributed by atoms with van der Waals surface area (Å²) in [7, 11) is 0. The van der Waals surface area contributed by atoms with E-state index in [1.165, 1.54) is 0 Å². The van der Waals surface area contributed by atoms with Crippen LogP contribution in [-0.2, 0) is 16.7 Å². The SMILES string of the molecule is CCOCC(C)(N)c1noc(Cc2cccc(Br)c2)n1. The molecule has 0 fully saturated rings. The van der Waals surface area contributed by atoms with Crippen molar-refractivity contribution < 1.29 is 9.26 Å². The fourth-order valence-electron chi connectivity index (χ4n) is 1.76. The lowest BCUT2D eigenvalue weighted by atomic mass is 10.1. The maximum atomic E-state index is 6.14. The molecule has 0 aliphatic heterocycles. The van der Waals surface area contributed by atoms with E-state index in [1.54, 1.807) is 0 Å². The summed E-state index contributed by atoms with van der Waals surface area (Å²) in [5, 5.41) is 3.96. The van der Waals surface area contributed by atoms with Gasteiger partial charge >= 0.3 is 0 Å². The van der Waals surface area contributed by atoms with Crippen LogP contribution in [0.4, 0.5) is 0 Å². The van der Waals surface area contributed by atoms with E-state index in [-0.39, 0.29) is 0 Å². The molecule has 6 heteroatoms. The zero-order valence-corrected chi connectivity index (χ0v) is 13.2. The van der Waals surface area contributed by atoms with Crippen LogP contribution in [0.2, 0.25) is 0 Å². The molecule has 1 atom stereocenters. The molecule has 1 aromatic carbocycles. The van der Waals surface area contributed by atoms with Crippen LogP contribution in [-0.4, -0.2) is 23.4 Å². The fourth-order valence-corrected chi connectivity index (χ4v) is 2.21. The zero-order chi connectivity index (χ0) is 14.6. The summed E-state index contributed by atoms with van der Waals surface area (Å²) in [6.45, 7) is 4.72. The number of halogens is 1. The first-order valence-electron chi connectivity index (χ1n) is 6.45. The highest BCUT2D eigenvalue weighted by Crippen LogP contribution is 2.18. The van der Waals surface area contributed by atoms with Crippen LogP contribution in [0.15, 0.2) is 33.3 Å². The van der Waals surface area contributed by atoms with E-state index in [4.69, 9.17) is 15.0 Å². The summed E-state index contributed by atoms with van der Waals surface area (Å²) in [4.78, 5) is 4.36. The third-order valence-electron chi connectivity index (χ3n) is 2.83. The van der Waals surface area contributed by atoms with Crippen molar-refractivity contribution in [3.63, 3.8) is 0 Å². The summed E-state index contributed by atoms with van der Waals surface area (Å²) in [5.74, 6) is 1.02. The van der Waals surface area contributed by atoms with Gasteiger partial charge in [0.2, 0.25) is 5.89 Å². The predicted octanol–water partition coefficient (Wildman–Crippen LogP) is 2.63. The molecule has 1 heterocycles. The minimum atomic E-state index is -0.741. The van der Waals surface area contributed by atoms with Gasteiger partial charge in [-0.2, -0.15) is 4.98 Å². The smallest absolute Gasteiger partial charge is 0.231 e. The van der Waals surface area contributed by atoms with Gasteiger partial charge in [-0.3, -0.25) is 0 Å². The Morgan fingerprint density at radius 3 is 2.95 bits per heavy atom. The van der Waals surface area contributed by atoms with Crippen LogP contribution < -0.4 is 5.73 Å². The summed E-state index contributed by atoms with van der Waals surface area (Å²) >= 11 is 3.44. The number of nitrogens with zero attached hydrogens (tertiary/aromatic N) is 2. The van der Waals surface area contributed by atoms with Gasteiger partial charge in [-0.05, 0) is 31.5 Å². The average Bonchev–Trinajstić information content (AvgIpc) is 2.86. The minimum Gasteiger partial charge on any atom is -0.379 e.